The smallest absolute Gasteiger partial charge is 0.408 e. The predicted molar refractivity (Wildman–Crippen MR) is 126 cm³/mol. The molecule has 0 saturated heterocycles. The van der Waals surface area contributed by atoms with Gasteiger partial charge in [0.15, 0.2) is 0 Å². The normalized spacial score (nSPS) is 11.2. The first-order valence-corrected chi connectivity index (χ1v) is 10.4. The molecule has 9 heteroatoms. The number of carbonyl (C=O) groups is 4. The highest BCUT2D eigenvalue weighted by atomic mass is 16.5. The van der Waals surface area contributed by atoms with Gasteiger partial charge in [0, 0.05) is 23.2 Å². The Hall–Kier alpha value is -4.66. The van der Waals surface area contributed by atoms with Crippen LogP contribution in [0.2, 0.25) is 0 Å². The van der Waals surface area contributed by atoms with Crippen LogP contribution in [0.3, 0.4) is 0 Å². The highest BCUT2D eigenvalue weighted by molar-refractivity contribution is 6.03. The molecule has 0 saturated carbocycles. The number of nitrogens with two attached hydrogens (primary N) is 2. The van der Waals surface area contributed by atoms with Crippen LogP contribution in [0.4, 0.5) is 10.5 Å². The lowest BCUT2D eigenvalue weighted by molar-refractivity contribution is -0.118. The summed E-state index contributed by atoms with van der Waals surface area (Å²) in [4.78, 5) is 48.7. The summed E-state index contributed by atoms with van der Waals surface area (Å²) in [5, 5.41) is 5.18. The minimum absolute atomic E-state index is 0.00133. The van der Waals surface area contributed by atoms with Gasteiger partial charge in [0.05, 0.1) is 0 Å². The monoisotopic (exact) mass is 460 g/mol. The number of hydrogen-bond acceptors (Lipinski definition) is 5. The standard InChI is InChI=1S/C25H24N4O5/c26-22(30)18-12-19(23(27)31)14-20(13-18)28-24(32)21(11-16-7-3-1-4-8-16)29-25(33)34-15-17-9-5-2-6-10-17/h1-10,12-14,21H,11,15H2,(H2,26,30)(H2,27,31)(H,28,32)(H,29,33)/t21-/m0/s1. The average molecular weight is 460 g/mol. The van der Waals surface area contributed by atoms with Crippen LogP contribution in [0.1, 0.15) is 31.8 Å². The molecule has 0 radical (unpaired) electrons. The summed E-state index contributed by atoms with van der Waals surface area (Å²) in [6, 6.07) is 21.1. The molecule has 0 aromatic heterocycles. The Kier molecular flexibility index (Phi) is 7.96. The molecule has 0 aliphatic carbocycles. The fourth-order valence-corrected chi connectivity index (χ4v) is 3.18. The third-order valence-corrected chi connectivity index (χ3v) is 4.87. The van der Waals surface area contributed by atoms with Crippen LogP contribution in [0.25, 0.3) is 0 Å². The minimum Gasteiger partial charge on any atom is -0.445 e. The van der Waals surface area contributed by atoms with E-state index in [0.29, 0.717) is 0 Å². The lowest BCUT2D eigenvalue weighted by Gasteiger charge is -2.19. The molecule has 0 aliphatic heterocycles. The molecule has 0 fully saturated rings. The Labute approximate surface area is 196 Å². The van der Waals surface area contributed by atoms with Gasteiger partial charge in [-0.25, -0.2) is 4.79 Å². The van der Waals surface area contributed by atoms with E-state index in [1.807, 2.05) is 60.7 Å². The van der Waals surface area contributed by atoms with E-state index < -0.39 is 29.9 Å². The molecule has 174 valence electrons. The van der Waals surface area contributed by atoms with E-state index >= 15 is 0 Å². The summed E-state index contributed by atoms with van der Waals surface area (Å²) in [5.41, 5.74) is 12.4. The number of benzene rings is 3. The van der Waals surface area contributed by atoms with Crippen molar-refractivity contribution in [3.8, 4) is 0 Å². The molecule has 0 spiro atoms. The molecule has 0 bridgehead atoms. The molecule has 3 aromatic carbocycles. The van der Waals surface area contributed by atoms with Crippen molar-refractivity contribution in [1.82, 2.24) is 5.32 Å². The van der Waals surface area contributed by atoms with Gasteiger partial charge in [-0.3, -0.25) is 14.4 Å². The van der Waals surface area contributed by atoms with E-state index in [2.05, 4.69) is 10.6 Å². The van der Waals surface area contributed by atoms with Gasteiger partial charge in [-0.1, -0.05) is 60.7 Å². The largest absolute Gasteiger partial charge is 0.445 e. The minimum atomic E-state index is -1.01. The van der Waals surface area contributed by atoms with Gasteiger partial charge in [0.25, 0.3) is 0 Å². The predicted octanol–water partition coefficient (Wildman–Crippen LogP) is 2.36. The van der Waals surface area contributed by atoms with Crippen molar-refractivity contribution >= 4 is 29.5 Å². The number of rotatable bonds is 9. The number of carbonyl (C=O) groups excluding carboxylic acids is 4. The van der Waals surface area contributed by atoms with Crippen molar-refractivity contribution in [2.24, 2.45) is 11.5 Å². The van der Waals surface area contributed by atoms with E-state index in [9.17, 15) is 19.2 Å². The van der Waals surface area contributed by atoms with E-state index in [0.717, 1.165) is 11.1 Å². The summed E-state index contributed by atoms with van der Waals surface area (Å²) in [7, 11) is 0. The zero-order valence-corrected chi connectivity index (χ0v) is 18.2. The maximum atomic E-state index is 13.1. The number of ether oxygens (including phenoxy) is 1. The molecule has 0 aliphatic rings. The number of amides is 4. The molecule has 3 rings (SSSR count). The topological polar surface area (TPSA) is 154 Å². The molecule has 1 atom stereocenters. The summed E-state index contributed by atoms with van der Waals surface area (Å²) >= 11 is 0. The molecule has 0 heterocycles. The molecule has 3 aromatic rings. The second-order valence-electron chi connectivity index (χ2n) is 7.47. The van der Waals surface area contributed by atoms with Crippen LogP contribution in [0, 0.1) is 0 Å². The van der Waals surface area contributed by atoms with Gasteiger partial charge >= 0.3 is 6.09 Å². The van der Waals surface area contributed by atoms with Gasteiger partial charge in [0.1, 0.15) is 12.6 Å². The summed E-state index contributed by atoms with van der Waals surface area (Å²) in [6.07, 6.45) is -0.602. The Morgan fingerprint density at radius 3 is 1.82 bits per heavy atom. The molecular formula is C25H24N4O5. The summed E-state index contributed by atoms with van der Waals surface area (Å²) in [5.74, 6) is -2.17. The first kappa shape index (κ1) is 24.0. The molecule has 4 amide bonds. The second-order valence-corrected chi connectivity index (χ2v) is 7.47. The Balaban J connectivity index is 1.77. The first-order valence-electron chi connectivity index (χ1n) is 10.4. The Bertz CT molecular complexity index is 1150. The third kappa shape index (κ3) is 6.92. The highest BCUT2D eigenvalue weighted by Gasteiger charge is 2.23. The highest BCUT2D eigenvalue weighted by Crippen LogP contribution is 2.16. The van der Waals surface area contributed by atoms with Crippen molar-refractivity contribution in [3.05, 3.63) is 101 Å². The van der Waals surface area contributed by atoms with Crippen LogP contribution in [0.5, 0.6) is 0 Å². The van der Waals surface area contributed by atoms with Crippen LogP contribution in [0.15, 0.2) is 78.9 Å². The molecule has 6 N–H and O–H groups in total. The maximum absolute atomic E-state index is 13.1. The fraction of sp³-hybridized carbons (Fsp3) is 0.120. The van der Waals surface area contributed by atoms with Gasteiger partial charge in [-0.15, -0.1) is 0 Å². The first-order chi connectivity index (χ1) is 16.3. The SMILES string of the molecule is NC(=O)c1cc(NC(=O)[C@H](Cc2ccccc2)NC(=O)OCc2ccccc2)cc(C(N)=O)c1. The second kappa shape index (κ2) is 11.3. The van der Waals surface area contributed by atoms with Crippen molar-refractivity contribution in [1.29, 1.82) is 0 Å². The van der Waals surface area contributed by atoms with Crippen LogP contribution < -0.4 is 22.1 Å². The Morgan fingerprint density at radius 1 is 0.765 bits per heavy atom. The number of alkyl carbamates (subject to hydrolysis) is 1. The van der Waals surface area contributed by atoms with Crippen LogP contribution in [-0.4, -0.2) is 29.9 Å². The van der Waals surface area contributed by atoms with Crippen LogP contribution in [-0.2, 0) is 22.6 Å². The number of anilines is 1. The van der Waals surface area contributed by atoms with Crippen molar-refractivity contribution < 1.29 is 23.9 Å². The Morgan fingerprint density at radius 2 is 1.29 bits per heavy atom. The van der Waals surface area contributed by atoms with Crippen molar-refractivity contribution in [2.45, 2.75) is 19.1 Å². The van der Waals surface area contributed by atoms with E-state index in [4.69, 9.17) is 16.2 Å². The molecular weight excluding hydrogens is 436 g/mol. The summed E-state index contributed by atoms with van der Waals surface area (Å²) < 4.78 is 5.25. The van der Waals surface area contributed by atoms with Gasteiger partial charge in [0.2, 0.25) is 17.7 Å². The van der Waals surface area contributed by atoms with Gasteiger partial charge < -0.3 is 26.8 Å². The maximum Gasteiger partial charge on any atom is 0.408 e. The van der Waals surface area contributed by atoms with E-state index in [-0.39, 0.29) is 29.8 Å². The molecule has 0 unspecified atom stereocenters. The third-order valence-electron chi connectivity index (χ3n) is 4.87. The molecule has 9 nitrogen and oxygen atoms in total. The van der Waals surface area contributed by atoms with Crippen molar-refractivity contribution in [2.75, 3.05) is 5.32 Å². The number of hydrogen-bond donors (Lipinski definition) is 4. The molecule has 34 heavy (non-hydrogen) atoms. The van der Waals surface area contributed by atoms with Gasteiger partial charge in [-0.05, 0) is 29.3 Å². The zero-order chi connectivity index (χ0) is 24.5. The van der Waals surface area contributed by atoms with Crippen LogP contribution >= 0.6 is 0 Å². The zero-order valence-electron chi connectivity index (χ0n) is 18.2. The summed E-state index contributed by atoms with van der Waals surface area (Å²) in [6.45, 7) is 0.0367. The van der Waals surface area contributed by atoms with E-state index in [1.165, 1.54) is 18.2 Å². The number of primary amides is 2. The van der Waals surface area contributed by atoms with Crippen molar-refractivity contribution in [3.63, 3.8) is 0 Å². The lowest BCUT2D eigenvalue weighted by atomic mass is 10.0. The fourth-order valence-electron chi connectivity index (χ4n) is 3.18. The van der Waals surface area contributed by atoms with Gasteiger partial charge in [-0.2, -0.15) is 0 Å². The van der Waals surface area contributed by atoms with E-state index in [1.54, 1.807) is 0 Å². The average Bonchev–Trinajstić information content (AvgIpc) is 2.83. The quantitative estimate of drug-likeness (QED) is 0.386. The lowest BCUT2D eigenvalue weighted by Crippen LogP contribution is -2.45. The number of nitrogens with one attached hydrogen (secondary N) is 2.